The van der Waals surface area contributed by atoms with E-state index < -0.39 is 11.9 Å². The van der Waals surface area contributed by atoms with E-state index in [1.165, 1.54) is 28.0 Å². The van der Waals surface area contributed by atoms with Crippen LogP contribution in [-0.2, 0) is 6.54 Å². The van der Waals surface area contributed by atoms with Crippen molar-refractivity contribution in [1.82, 2.24) is 4.57 Å². The van der Waals surface area contributed by atoms with Crippen LogP contribution in [-0.4, -0.2) is 9.67 Å². The van der Waals surface area contributed by atoms with Crippen LogP contribution in [0.1, 0.15) is 11.7 Å². The predicted octanol–water partition coefficient (Wildman–Crippen LogP) is 2.94. The van der Waals surface area contributed by atoms with Gasteiger partial charge in [-0.2, -0.15) is 0 Å². The number of halogens is 1. The van der Waals surface area contributed by atoms with Gasteiger partial charge in [0.2, 0.25) is 0 Å². The highest BCUT2D eigenvalue weighted by molar-refractivity contribution is 7.17. The number of aromatic nitrogens is 1. The van der Waals surface area contributed by atoms with Crippen molar-refractivity contribution < 1.29 is 9.50 Å². The minimum Gasteiger partial charge on any atom is -0.386 e. The number of rotatable bonds is 3. The predicted molar refractivity (Wildman–Crippen MR) is 77.4 cm³/mol. The maximum atomic E-state index is 13.6. The third-order valence-electron chi connectivity index (χ3n) is 3.23. The summed E-state index contributed by atoms with van der Waals surface area (Å²) in [6, 6.07) is 9.63. The molecule has 0 radical (unpaired) electrons. The van der Waals surface area contributed by atoms with E-state index in [9.17, 15) is 14.3 Å². The smallest absolute Gasteiger partial charge is 0.259 e. The molecule has 0 saturated carbocycles. The summed E-state index contributed by atoms with van der Waals surface area (Å²) < 4.78 is 15.9. The quantitative estimate of drug-likeness (QED) is 0.805. The van der Waals surface area contributed by atoms with Crippen LogP contribution >= 0.6 is 11.3 Å². The lowest BCUT2D eigenvalue weighted by molar-refractivity contribution is 0.151. The van der Waals surface area contributed by atoms with Gasteiger partial charge in [-0.3, -0.25) is 4.79 Å². The van der Waals surface area contributed by atoms with Gasteiger partial charge in [-0.15, -0.1) is 11.3 Å². The van der Waals surface area contributed by atoms with Gasteiger partial charge in [-0.05, 0) is 23.6 Å². The van der Waals surface area contributed by atoms with E-state index in [2.05, 4.69) is 0 Å². The molecule has 1 atom stereocenters. The van der Waals surface area contributed by atoms with E-state index in [1.54, 1.807) is 24.4 Å². The molecule has 3 aromatic rings. The Hall–Kier alpha value is -1.98. The van der Waals surface area contributed by atoms with E-state index in [-0.39, 0.29) is 17.7 Å². The first-order chi connectivity index (χ1) is 9.66. The fraction of sp³-hybridized carbons (Fsp3) is 0.133. The molecule has 1 N–H and O–H groups in total. The molecule has 0 bridgehead atoms. The first-order valence-electron chi connectivity index (χ1n) is 6.16. The normalized spacial score (nSPS) is 12.7. The number of pyridine rings is 1. The number of benzene rings is 1. The number of aliphatic hydroxyl groups is 1. The second-order valence-electron chi connectivity index (χ2n) is 4.51. The molecule has 0 aliphatic heterocycles. The maximum Gasteiger partial charge on any atom is 0.259 e. The third-order valence-corrected chi connectivity index (χ3v) is 4.11. The van der Waals surface area contributed by atoms with Gasteiger partial charge in [0.25, 0.3) is 5.56 Å². The molecular weight excluding hydrogens is 277 g/mol. The number of thiophene rings is 1. The van der Waals surface area contributed by atoms with Crippen molar-refractivity contribution in [3.63, 3.8) is 0 Å². The second-order valence-corrected chi connectivity index (χ2v) is 5.46. The van der Waals surface area contributed by atoms with E-state index in [4.69, 9.17) is 0 Å². The average molecular weight is 289 g/mol. The molecule has 0 saturated heterocycles. The number of hydrogen-bond acceptors (Lipinski definition) is 3. The Morgan fingerprint density at radius 2 is 2.05 bits per heavy atom. The number of nitrogens with zero attached hydrogens (tertiary/aromatic N) is 1. The molecule has 1 unspecified atom stereocenters. The van der Waals surface area contributed by atoms with Crippen LogP contribution in [0.15, 0.2) is 52.8 Å². The summed E-state index contributed by atoms with van der Waals surface area (Å²) in [6.07, 6.45) is 0.579. The summed E-state index contributed by atoms with van der Waals surface area (Å²) in [4.78, 5) is 12.2. The molecule has 3 nitrogen and oxygen atoms in total. The zero-order valence-corrected chi connectivity index (χ0v) is 11.3. The van der Waals surface area contributed by atoms with Crippen LogP contribution in [0.5, 0.6) is 0 Å². The minimum absolute atomic E-state index is 0.0333. The Morgan fingerprint density at radius 3 is 2.85 bits per heavy atom. The van der Waals surface area contributed by atoms with Gasteiger partial charge in [-0.25, -0.2) is 4.39 Å². The Morgan fingerprint density at radius 1 is 1.25 bits per heavy atom. The molecule has 1 aromatic carbocycles. The highest BCUT2D eigenvalue weighted by atomic mass is 32.1. The molecule has 2 aromatic heterocycles. The van der Waals surface area contributed by atoms with Crippen LogP contribution < -0.4 is 5.56 Å². The van der Waals surface area contributed by atoms with Crippen LogP contribution in [0.3, 0.4) is 0 Å². The number of hydrogen-bond donors (Lipinski definition) is 1. The van der Waals surface area contributed by atoms with Crippen molar-refractivity contribution in [3.8, 4) is 0 Å². The van der Waals surface area contributed by atoms with Crippen molar-refractivity contribution >= 4 is 21.4 Å². The van der Waals surface area contributed by atoms with Crippen molar-refractivity contribution in [3.05, 3.63) is 69.7 Å². The lowest BCUT2D eigenvalue weighted by atomic mass is 10.1. The first kappa shape index (κ1) is 13.0. The molecule has 0 fully saturated rings. The monoisotopic (exact) mass is 289 g/mol. The van der Waals surface area contributed by atoms with E-state index in [0.29, 0.717) is 5.39 Å². The topological polar surface area (TPSA) is 42.2 Å². The molecule has 0 amide bonds. The van der Waals surface area contributed by atoms with Crippen molar-refractivity contribution in [2.75, 3.05) is 0 Å². The molecule has 5 heteroatoms. The van der Waals surface area contributed by atoms with E-state index in [0.717, 1.165) is 4.70 Å². The van der Waals surface area contributed by atoms with Gasteiger partial charge < -0.3 is 9.67 Å². The largest absolute Gasteiger partial charge is 0.386 e. The molecule has 0 aliphatic carbocycles. The van der Waals surface area contributed by atoms with Gasteiger partial charge in [-0.1, -0.05) is 18.2 Å². The molecule has 0 aliphatic rings. The Labute approximate surface area is 118 Å². The number of aliphatic hydroxyl groups excluding tert-OH is 1. The summed E-state index contributed by atoms with van der Waals surface area (Å²) in [7, 11) is 0. The molecule has 20 heavy (non-hydrogen) atoms. The second kappa shape index (κ2) is 5.19. The molecule has 0 spiro atoms. The standard InChI is InChI=1S/C15H12FNO2S/c16-12-4-2-1-3-10(12)13(18)9-17-7-5-14-11(15(17)19)6-8-20-14/h1-8,13,18H,9H2. The highest BCUT2D eigenvalue weighted by Gasteiger charge is 2.14. The Bertz CT molecular complexity index is 809. The van der Waals surface area contributed by atoms with Gasteiger partial charge in [0, 0.05) is 16.5 Å². The van der Waals surface area contributed by atoms with E-state index >= 15 is 0 Å². The summed E-state index contributed by atoms with van der Waals surface area (Å²) in [5, 5.41) is 12.6. The maximum absolute atomic E-state index is 13.6. The van der Waals surface area contributed by atoms with Crippen molar-refractivity contribution in [2.24, 2.45) is 0 Å². The minimum atomic E-state index is -1.05. The SMILES string of the molecule is O=c1c2ccsc2ccn1CC(O)c1ccccc1F. The number of fused-ring (bicyclic) bond motifs is 1. The fourth-order valence-corrected chi connectivity index (χ4v) is 2.95. The summed E-state index contributed by atoms with van der Waals surface area (Å²) in [5.41, 5.74) is 0.0314. The van der Waals surface area contributed by atoms with E-state index in [1.807, 2.05) is 11.4 Å². The van der Waals surface area contributed by atoms with Gasteiger partial charge in [0.15, 0.2) is 0 Å². The lowest BCUT2D eigenvalue weighted by Gasteiger charge is -2.13. The zero-order chi connectivity index (χ0) is 14.1. The summed E-state index contributed by atoms with van der Waals surface area (Å²) >= 11 is 1.49. The molecule has 102 valence electrons. The Balaban J connectivity index is 1.95. The summed E-state index contributed by atoms with van der Waals surface area (Å²) in [6.45, 7) is 0.0333. The van der Waals surface area contributed by atoms with Crippen molar-refractivity contribution in [1.29, 1.82) is 0 Å². The molecule has 2 heterocycles. The zero-order valence-electron chi connectivity index (χ0n) is 10.5. The average Bonchev–Trinajstić information content (AvgIpc) is 2.91. The molecule has 3 rings (SSSR count). The fourth-order valence-electron chi connectivity index (χ4n) is 2.18. The Kier molecular flexibility index (Phi) is 3.38. The molecular formula is C15H12FNO2S. The van der Waals surface area contributed by atoms with Crippen LogP contribution in [0, 0.1) is 5.82 Å². The van der Waals surface area contributed by atoms with Gasteiger partial charge >= 0.3 is 0 Å². The van der Waals surface area contributed by atoms with Gasteiger partial charge in [0.05, 0.1) is 18.0 Å². The van der Waals surface area contributed by atoms with Gasteiger partial charge in [0.1, 0.15) is 5.82 Å². The third kappa shape index (κ3) is 2.26. The van der Waals surface area contributed by atoms with Crippen LogP contribution in [0.4, 0.5) is 4.39 Å². The van der Waals surface area contributed by atoms with Crippen LogP contribution in [0.25, 0.3) is 10.1 Å². The highest BCUT2D eigenvalue weighted by Crippen LogP contribution is 2.20. The van der Waals surface area contributed by atoms with Crippen molar-refractivity contribution in [2.45, 2.75) is 12.6 Å². The van der Waals surface area contributed by atoms with Crippen LogP contribution in [0.2, 0.25) is 0 Å². The summed E-state index contributed by atoms with van der Waals surface area (Å²) in [5.74, 6) is -0.468. The lowest BCUT2D eigenvalue weighted by Crippen LogP contribution is -2.22. The first-order valence-corrected chi connectivity index (χ1v) is 7.04.